The molecule has 0 radical (unpaired) electrons. The van der Waals surface area contributed by atoms with Gasteiger partial charge in [0, 0.05) is 24.4 Å². The molecule has 1 unspecified atom stereocenters. The van der Waals surface area contributed by atoms with Gasteiger partial charge in [0.25, 0.3) is 5.56 Å². The number of nitrogens with one attached hydrogen (secondary N) is 2. The van der Waals surface area contributed by atoms with Gasteiger partial charge in [-0.1, -0.05) is 11.8 Å². The Morgan fingerprint density at radius 1 is 1.48 bits per heavy atom. The number of aromatic nitrogens is 4. The molecule has 0 aliphatic carbocycles. The number of aromatic amines is 1. The van der Waals surface area contributed by atoms with Gasteiger partial charge in [0.15, 0.2) is 5.16 Å². The van der Waals surface area contributed by atoms with E-state index in [4.69, 9.17) is 4.74 Å². The van der Waals surface area contributed by atoms with Crippen LogP contribution in [0.25, 0.3) is 5.78 Å². The minimum Gasteiger partial charge on any atom is -0.376 e. The molecule has 2 N–H and O–H groups in total. The van der Waals surface area contributed by atoms with Gasteiger partial charge in [-0.3, -0.25) is 19.0 Å². The Bertz CT molecular complexity index is 779. The lowest BCUT2D eigenvalue weighted by atomic mass is 10.2. The van der Waals surface area contributed by atoms with E-state index in [2.05, 4.69) is 20.5 Å². The molecular formula is C14H19N5O3S. The Morgan fingerprint density at radius 3 is 3.04 bits per heavy atom. The van der Waals surface area contributed by atoms with E-state index in [0.717, 1.165) is 25.1 Å². The molecule has 0 aromatic carbocycles. The maximum absolute atomic E-state index is 11.9. The maximum atomic E-state index is 11.9. The largest absolute Gasteiger partial charge is 0.376 e. The summed E-state index contributed by atoms with van der Waals surface area (Å²) in [6.45, 7) is 4.90. The predicted molar refractivity (Wildman–Crippen MR) is 85.8 cm³/mol. The number of hydrogen-bond donors (Lipinski definition) is 2. The highest BCUT2D eigenvalue weighted by molar-refractivity contribution is 7.99. The number of ether oxygens (including phenoxy) is 1. The molecular weight excluding hydrogens is 318 g/mol. The summed E-state index contributed by atoms with van der Waals surface area (Å²) < 4.78 is 7.23. The zero-order valence-corrected chi connectivity index (χ0v) is 13.9. The molecule has 1 saturated heterocycles. The Kier molecular flexibility index (Phi) is 4.67. The van der Waals surface area contributed by atoms with Crippen molar-refractivity contribution in [1.82, 2.24) is 24.9 Å². The van der Waals surface area contributed by atoms with Gasteiger partial charge < -0.3 is 10.1 Å². The number of hydrogen-bond acceptors (Lipinski definition) is 6. The lowest BCUT2D eigenvalue weighted by molar-refractivity contribution is -0.119. The summed E-state index contributed by atoms with van der Waals surface area (Å²) in [5, 5.41) is 11.5. The average molecular weight is 337 g/mol. The lowest BCUT2D eigenvalue weighted by Crippen LogP contribution is -2.32. The highest BCUT2D eigenvalue weighted by Crippen LogP contribution is 2.18. The third kappa shape index (κ3) is 3.40. The van der Waals surface area contributed by atoms with Crippen LogP contribution >= 0.6 is 11.8 Å². The quantitative estimate of drug-likeness (QED) is 0.767. The molecule has 23 heavy (non-hydrogen) atoms. The summed E-state index contributed by atoms with van der Waals surface area (Å²) in [5.41, 5.74) is 1.21. The molecule has 0 bridgehead atoms. The van der Waals surface area contributed by atoms with Crippen LogP contribution in [0, 0.1) is 13.8 Å². The van der Waals surface area contributed by atoms with Gasteiger partial charge in [-0.15, -0.1) is 10.2 Å². The SMILES string of the molecule is Cc1c(C)n2c(SCC(=O)NCC3CCCO3)nnc2[nH]c1=O. The van der Waals surface area contributed by atoms with Crippen molar-refractivity contribution in [2.75, 3.05) is 18.9 Å². The number of carbonyl (C=O) groups excluding carboxylic acids is 1. The second kappa shape index (κ2) is 6.71. The first-order valence-corrected chi connectivity index (χ1v) is 8.50. The van der Waals surface area contributed by atoms with Crippen LogP contribution < -0.4 is 10.9 Å². The molecule has 1 atom stereocenters. The summed E-state index contributed by atoms with van der Waals surface area (Å²) in [4.78, 5) is 26.3. The van der Waals surface area contributed by atoms with E-state index < -0.39 is 0 Å². The van der Waals surface area contributed by atoms with Crippen LogP contribution in [0.5, 0.6) is 0 Å². The molecule has 0 spiro atoms. The summed E-state index contributed by atoms with van der Waals surface area (Å²) in [6, 6.07) is 0. The summed E-state index contributed by atoms with van der Waals surface area (Å²) in [7, 11) is 0. The van der Waals surface area contributed by atoms with E-state index in [1.165, 1.54) is 11.8 Å². The zero-order chi connectivity index (χ0) is 16.4. The van der Waals surface area contributed by atoms with Crippen molar-refractivity contribution in [3.8, 4) is 0 Å². The number of fused-ring (bicyclic) bond motifs is 1. The second-order valence-electron chi connectivity index (χ2n) is 5.53. The fraction of sp³-hybridized carbons (Fsp3) is 0.571. The number of rotatable bonds is 5. The fourth-order valence-electron chi connectivity index (χ4n) is 2.49. The lowest BCUT2D eigenvalue weighted by Gasteiger charge is -2.10. The number of amides is 1. The van der Waals surface area contributed by atoms with E-state index in [9.17, 15) is 9.59 Å². The third-order valence-electron chi connectivity index (χ3n) is 3.96. The summed E-state index contributed by atoms with van der Waals surface area (Å²) >= 11 is 1.29. The van der Waals surface area contributed by atoms with Crippen LogP contribution in [-0.4, -0.2) is 50.5 Å². The van der Waals surface area contributed by atoms with E-state index in [0.29, 0.717) is 23.0 Å². The number of H-pyrrole nitrogens is 1. The summed E-state index contributed by atoms with van der Waals surface area (Å²) in [5.74, 6) is 0.562. The van der Waals surface area contributed by atoms with Crippen molar-refractivity contribution in [2.24, 2.45) is 0 Å². The van der Waals surface area contributed by atoms with Gasteiger partial charge in [-0.2, -0.15) is 0 Å². The van der Waals surface area contributed by atoms with Gasteiger partial charge in [-0.25, -0.2) is 0 Å². The standard InChI is InChI=1S/C14H19N5O3S/c1-8-9(2)19-13(16-12(8)21)17-18-14(19)23-7-11(20)15-6-10-4-3-5-22-10/h10H,3-7H2,1-2H3,(H,15,20)(H,16,17,21). The van der Waals surface area contributed by atoms with E-state index in [1.54, 1.807) is 11.3 Å². The smallest absolute Gasteiger partial charge is 0.255 e. The minimum absolute atomic E-state index is 0.0685. The van der Waals surface area contributed by atoms with Gasteiger partial charge in [0.2, 0.25) is 11.7 Å². The van der Waals surface area contributed by atoms with Crippen molar-refractivity contribution in [2.45, 2.75) is 37.9 Å². The van der Waals surface area contributed by atoms with Gasteiger partial charge in [0.1, 0.15) is 0 Å². The molecule has 3 rings (SSSR count). The molecule has 1 fully saturated rings. The molecule has 1 aliphatic rings. The van der Waals surface area contributed by atoms with E-state index in [1.807, 2.05) is 6.92 Å². The Hall–Kier alpha value is -1.87. The average Bonchev–Trinajstić information content (AvgIpc) is 3.18. The van der Waals surface area contributed by atoms with E-state index >= 15 is 0 Å². The van der Waals surface area contributed by atoms with Crippen LogP contribution in [0.3, 0.4) is 0 Å². The highest BCUT2D eigenvalue weighted by atomic mass is 32.2. The normalized spacial score (nSPS) is 17.7. The monoisotopic (exact) mass is 337 g/mol. The van der Waals surface area contributed by atoms with Crippen LogP contribution in [0.1, 0.15) is 24.1 Å². The number of aryl methyl sites for hydroxylation is 1. The molecule has 124 valence electrons. The Balaban J connectivity index is 1.64. The maximum Gasteiger partial charge on any atom is 0.255 e. The second-order valence-corrected chi connectivity index (χ2v) is 6.48. The first-order chi connectivity index (χ1) is 11.1. The van der Waals surface area contributed by atoms with Crippen molar-refractivity contribution < 1.29 is 9.53 Å². The Morgan fingerprint density at radius 2 is 2.30 bits per heavy atom. The van der Waals surface area contributed by atoms with Gasteiger partial charge in [0.05, 0.1) is 11.9 Å². The van der Waals surface area contributed by atoms with Crippen LogP contribution in [0.2, 0.25) is 0 Å². The van der Waals surface area contributed by atoms with Crippen LogP contribution in [0.15, 0.2) is 9.95 Å². The molecule has 3 heterocycles. The molecule has 8 nitrogen and oxygen atoms in total. The number of carbonyl (C=O) groups is 1. The third-order valence-corrected chi connectivity index (χ3v) is 4.89. The van der Waals surface area contributed by atoms with E-state index in [-0.39, 0.29) is 23.3 Å². The highest BCUT2D eigenvalue weighted by Gasteiger charge is 2.17. The van der Waals surface area contributed by atoms with Crippen molar-refractivity contribution >= 4 is 23.4 Å². The number of nitrogens with zero attached hydrogens (tertiary/aromatic N) is 3. The fourth-order valence-corrected chi connectivity index (χ4v) is 3.30. The molecule has 9 heteroatoms. The Labute approximate surface area is 137 Å². The molecule has 2 aromatic heterocycles. The van der Waals surface area contributed by atoms with Crippen molar-refractivity contribution in [3.63, 3.8) is 0 Å². The van der Waals surface area contributed by atoms with Gasteiger partial charge >= 0.3 is 0 Å². The first kappa shape index (κ1) is 16.0. The summed E-state index contributed by atoms with van der Waals surface area (Å²) in [6.07, 6.45) is 2.18. The topological polar surface area (TPSA) is 101 Å². The van der Waals surface area contributed by atoms with Crippen LogP contribution in [0.4, 0.5) is 0 Å². The van der Waals surface area contributed by atoms with Crippen molar-refractivity contribution in [3.05, 3.63) is 21.6 Å². The predicted octanol–water partition coefficient (Wildman–Crippen LogP) is 0.422. The molecule has 1 amide bonds. The molecule has 2 aromatic rings. The molecule has 1 aliphatic heterocycles. The van der Waals surface area contributed by atoms with Crippen molar-refractivity contribution in [1.29, 1.82) is 0 Å². The molecule has 0 saturated carbocycles. The number of thioether (sulfide) groups is 1. The minimum atomic E-state index is -0.173. The van der Waals surface area contributed by atoms with Crippen LogP contribution in [-0.2, 0) is 9.53 Å². The zero-order valence-electron chi connectivity index (χ0n) is 13.1. The van der Waals surface area contributed by atoms with Gasteiger partial charge in [-0.05, 0) is 26.7 Å². The first-order valence-electron chi connectivity index (χ1n) is 7.52.